The quantitative estimate of drug-likeness (QED) is 0.521. The second-order valence-electron chi connectivity index (χ2n) is 3.24. The molecule has 1 unspecified atom stereocenters. The van der Waals surface area contributed by atoms with Crippen LogP contribution in [-0.2, 0) is 6.18 Å². The van der Waals surface area contributed by atoms with Gasteiger partial charge in [0.1, 0.15) is 0 Å². The summed E-state index contributed by atoms with van der Waals surface area (Å²) in [4.78, 5) is 9.51. The molecule has 94 valence electrons. The van der Waals surface area contributed by atoms with Gasteiger partial charge in [0.15, 0.2) is 0 Å². The van der Waals surface area contributed by atoms with E-state index in [-0.39, 0.29) is 11.4 Å². The second-order valence-corrected chi connectivity index (χ2v) is 3.55. The van der Waals surface area contributed by atoms with Crippen molar-refractivity contribution < 1.29 is 23.2 Å². The molecule has 1 rings (SSSR count). The number of alkyl halides is 4. The molecule has 0 aromatic heterocycles. The van der Waals surface area contributed by atoms with Crippen LogP contribution in [0.5, 0.6) is 0 Å². The Morgan fingerprint density at radius 1 is 1.41 bits per heavy atom. The van der Waals surface area contributed by atoms with Crippen molar-refractivity contribution in [3.63, 3.8) is 0 Å². The van der Waals surface area contributed by atoms with Crippen LogP contribution in [0.3, 0.4) is 0 Å². The van der Waals surface area contributed by atoms with Crippen molar-refractivity contribution in [1.29, 1.82) is 0 Å². The third-order valence-corrected chi connectivity index (χ3v) is 2.30. The molecule has 0 aliphatic heterocycles. The number of benzene rings is 1. The summed E-state index contributed by atoms with van der Waals surface area (Å²) in [6, 6.07) is 1.91. The van der Waals surface area contributed by atoms with E-state index in [1.165, 1.54) is 0 Å². The Bertz CT molecular complexity index is 436. The average Bonchev–Trinajstić information content (AvgIpc) is 2.26. The van der Waals surface area contributed by atoms with Crippen molar-refractivity contribution in [1.82, 2.24) is 0 Å². The van der Waals surface area contributed by atoms with Gasteiger partial charge in [-0.15, -0.1) is 11.6 Å². The number of hydrogen-bond donors (Lipinski definition) is 1. The van der Waals surface area contributed by atoms with Crippen molar-refractivity contribution >= 4 is 17.3 Å². The highest BCUT2D eigenvalue weighted by atomic mass is 35.5. The lowest BCUT2D eigenvalue weighted by molar-refractivity contribution is -0.385. The number of nitro benzene ring substituents is 1. The maximum Gasteiger partial charge on any atom is 0.416 e. The van der Waals surface area contributed by atoms with E-state index in [1.54, 1.807) is 0 Å². The zero-order valence-electron chi connectivity index (χ0n) is 8.24. The van der Waals surface area contributed by atoms with E-state index in [4.69, 9.17) is 11.6 Å². The third-order valence-electron chi connectivity index (χ3n) is 2.01. The fourth-order valence-corrected chi connectivity index (χ4v) is 1.36. The fourth-order valence-electron chi connectivity index (χ4n) is 1.19. The standard InChI is InChI=1S/C9H7ClF3NO3/c10-4-8(15)5-1-6(9(11,12)13)3-7(2-5)14(16)17/h1-3,8,15H,4H2. The lowest BCUT2D eigenvalue weighted by Gasteiger charge is -2.11. The Kier molecular flexibility index (Phi) is 3.94. The molecule has 0 fully saturated rings. The molecule has 0 spiro atoms. The van der Waals surface area contributed by atoms with Gasteiger partial charge < -0.3 is 5.11 Å². The first-order chi connectivity index (χ1) is 7.75. The van der Waals surface area contributed by atoms with Gasteiger partial charge >= 0.3 is 6.18 Å². The zero-order valence-corrected chi connectivity index (χ0v) is 9.00. The number of nitro groups is 1. The molecular formula is C9H7ClF3NO3. The molecule has 8 heteroatoms. The van der Waals surface area contributed by atoms with Crippen LogP contribution in [0.2, 0.25) is 0 Å². The molecule has 1 aromatic carbocycles. The van der Waals surface area contributed by atoms with Gasteiger partial charge in [0.05, 0.1) is 22.5 Å². The molecule has 0 heterocycles. The summed E-state index contributed by atoms with van der Waals surface area (Å²) in [6.45, 7) is 0. The Morgan fingerprint density at radius 3 is 2.41 bits per heavy atom. The third kappa shape index (κ3) is 3.31. The number of non-ortho nitro benzene ring substituents is 1. The number of halogens is 4. The van der Waals surface area contributed by atoms with Crippen LogP contribution < -0.4 is 0 Å². The SMILES string of the molecule is O=[N+]([O-])c1cc(C(O)CCl)cc(C(F)(F)F)c1. The van der Waals surface area contributed by atoms with Crippen LogP contribution in [-0.4, -0.2) is 15.9 Å². The summed E-state index contributed by atoms with van der Waals surface area (Å²) in [7, 11) is 0. The highest BCUT2D eigenvalue weighted by Crippen LogP contribution is 2.34. The molecule has 0 bridgehead atoms. The maximum atomic E-state index is 12.4. The van der Waals surface area contributed by atoms with Gasteiger partial charge in [-0.25, -0.2) is 0 Å². The van der Waals surface area contributed by atoms with Crippen molar-refractivity contribution in [3.05, 3.63) is 39.4 Å². The fraction of sp³-hybridized carbons (Fsp3) is 0.333. The molecule has 1 N–H and O–H groups in total. The first-order valence-corrected chi connectivity index (χ1v) is 4.89. The summed E-state index contributed by atoms with van der Waals surface area (Å²) in [6.07, 6.45) is -6.09. The van der Waals surface area contributed by atoms with Gasteiger partial charge in [0.2, 0.25) is 0 Å². The molecule has 0 aliphatic rings. The largest absolute Gasteiger partial charge is 0.416 e. The lowest BCUT2D eigenvalue weighted by Crippen LogP contribution is -2.09. The minimum Gasteiger partial charge on any atom is -0.387 e. The highest BCUT2D eigenvalue weighted by Gasteiger charge is 2.33. The summed E-state index contributed by atoms with van der Waals surface area (Å²) in [5, 5.41) is 19.8. The van der Waals surface area contributed by atoms with E-state index in [2.05, 4.69) is 0 Å². The smallest absolute Gasteiger partial charge is 0.387 e. The summed E-state index contributed by atoms with van der Waals surface area (Å²) >= 11 is 5.28. The predicted molar refractivity (Wildman–Crippen MR) is 53.8 cm³/mol. The summed E-state index contributed by atoms with van der Waals surface area (Å²) in [5.41, 5.74) is -2.16. The van der Waals surface area contributed by atoms with Crippen molar-refractivity contribution in [2.75, 3.05) is 5.88 Å². The number of aliphatic hydroxyl groups is 1. The first kappa shape index (κ1) is 13.7. The first-order valence-electron chi connectivity index (χ1n) is 4.36. The van der Waals surface area contributed by atoms with Crippen LogP contribution in [0, 0.1) is 10.1 Å². The van der Waals surface area contributed by atoms with Gasteiger partial charge in [0.25, 0.3) is 5.69 Å². The molecule has 17 heavy (non-hydrogen) atoms. The molecule has 0 saturated carbocycles. The summed E-state index contributed by atoms with van der Waals surface area (Å²) in [5.74, 6) is -0.349. The molecule has 0 saturated heterocycles. The normalized spacial score (nSPS) is 13.5. The van der Waals surface area contributed by atoms with Crippen molar-refractivity contribution in [2.45, 2.75) is 12.3 Å². The van der Waals surface area contributed by atoms with E-state index in [1.807, 2.05) is 0 Å². The van der Waals surface area contributed by atoms with Crippen molar-refractivity contribution in [3.8, 4) is 0 Å². The van der Waals surface area contributed by atoms with Crippen LogP contribution >= 0.6 is 11.6 Å². The minimum atomic E-state index is -4.72. The van der Waals surface area contributed by atoms with Crippen LogP contribution in [0.15, 0.2) is 18.2 Å². The Labute approximate surface area is 98.8 Å². The maximum absolute atomic E-state index is 12.4. The molecule has 1 aromatic rings. The molecule has 4 nitrogen and oxygen atoms in total. The second kappa shape index (κ2) is 4.89. The number of rotatable bonds is 3. The monoisotopic (exact) mass is 269 g/mol. The van der Waals surface area contributed by atoms with Gasteiger partial charge in [-0.1, -0.05) is 0 Å². The van der Waals surface area contributed by atoms with Crippen LogP contribution in [0.4, 0.5) is 18.9 Å². The topological polar surface area (TPSA) is 63.4 Å². The van der Waals surface area contributed by atoms with E-state index in [0.717, 1.165) is 6.07 Å². The van der Waals surface area contributed by atoms with Crippen LogP contribution in [0.1, 0.15) is 17.2 Å². The molecule has 0 radical (unpaired) electrons. The number of aliphatic hydroxyl groups excluding tert-OH is 1. The molecule has 0 amide bonds. The van der Waals surface area contributed by atoms with Gasteiger partial charge in [-0.2, -0.15) is 13.2 Å². The Hall–Kier alpha value is -1.34. The van der Waals surface area contributed by atoms with Crippen LogP contribution in [0.25, 0.3) is 0 Å². The predicted octanol–water partition coefficient (Wildman–Crippen LogP) is 2.89. The van der Waals surface area contributed by atoms with Gasteiger partial charge in [0, 0.05) is 12.1 Å². The lowest BCUT2D eigenvalue weighted by atomic mass is 10.1. The number of hydrogen-bond acceptors (Lipinski definition) is 3. The van der Waals surface area contributed by atoms with Gasteiger partial charge in [-0.3, -0.25) is 10.1 Å². The van der Waals surface area contributed by atoms with Gasteiger partial charge in [-0.05, 0) is 11.6 Å². The highest BCUT2D eigenvalue weighted by molar-refractivity contribution is 6.18. The Balaban J connectivity index is 3.34. The average molecular weight is 270 g/mol. The minimum absolute atomic E-state index is 0.235. The summed E-state index contributed by atoms with van der Waals surface area (Å²) < 4.78 is 37.3. The zero-order chi connectivity index (χ0) is 13.2. The van der Waals surface area contributed by atoms with Crippen molar-refractivity contribution in [2.24, 2.45) is 0 Å². The molecular weight excluding hydrogens is 263 g/mol. The Morgan fingerprint density at radius 2 is 2.00 bits per heavy atom. The molecule has 0 aliphatic carbocycles. The van der Waals surface area contributed by atoms with E-state index < -0.39 is 28.5 Å². The van der Waals surface area contributed by atoms with E-state index in [0.29, 0.717) is 12.1 Å². The number of nitrogens with zero attached hydrogens (tertiary/aromatic N) is 1. The van der Waals surface area contributed by atoms with E-state index >= 15 is 0 Å². The van der Waals surface area contributed by atoms with E-state index in [9.17, 15) is 28.4 Å². The molecule has 1 atom stereocenters.